The van der Waals surface area contributed by atoms with Crippen LogP contribution in [0, 0.1) is 20.3 Å². The van der Waals surface area contributed by atoms with E-state index in [1.165, 1.54) is 19.3 Å². The van der Waals surface area contributed by atoms with E-state index in [0.29, 0.717) is 0 Å². The third-order valence-electron chi connectivity index (χ3n) is 3.96. The molecular weight excluding hydrogens is 354 g/mol. The number of likely N-dealkylation sites (N-methyl/N-ethyl adjacent to an activating group) is 4. The average molecular weight is 392 g/mol. The van der Waals surface area contributed by atoms with Crippen LogP contribution >= 0.6 is 8.22 Å². The van der Waals surface area contributed by atoms with Gasteiger partial charge in [-0.3, -0.25) is 9.34 Å². The van der Waals surface area contributed by atoms with E-state index < -0.39 is 0 Å². The summed E-state index contributed by atoms with van der Waals surface area (Å²) in [5.74, 6) is 0. The summed E-state index contributed by atoms with van der Waals surface area (Å²) in [6.45, 7) is 4.56. The first kappa shape index (κ1) is 30.1. The molecule has 0 aliphatic heterocycles. The summed E-state index contributed by atoms with van der Waals surface area (Å²) in [5, 5.41) is 0. The van der Waals surface area contributed by atoms with E-state index in [9.17, 15) is 0 Å². The minimum Gasteiger partial charge on any atom is -0.358 e. The summed E-state index contributed by atoms with van der Waals surface area (Å²) in [7, 11) is 13.0. The predicted octanol–water partition coefficient (Wildman–Crippen LogP) is -0.302. The molecule has 1 aliphatic rings. The number of hydrogen-bond acceptors (Lipinski definition) is 4. The maximum atomic E-state index is 2.60. The van der Waals surface area contributed by atoms with Crippen molar-refractivity contribution < 1.29 is 35.9 Å². The SMILES string of the molecule is CN(C)CCN(C)P(C1[CH-]CC[CH-]C1)N(C)CCN(C)C.[CH3-].[Fe+2].[Li+]. The van der Waals surface area contributed by atoms with Crippen molar-refractivity contribution in [3.63, 3.8) is 0 Å². The van der Waals surface area contributed by atoms with Crippen molar-refractivity contribution in [2.45, 2.75) is 24.9 Å². The molecule has 1 unspecified atom stereocenters. The van der Waals surface area contributed by atoms with Gasteiger partial charge in [0.2, 0.25) is 0 Å². The summed E-state index contributed by atoms with van der Waals surface area (Å²) in [6, 6.07) is 0. The maximum Gasteiger partial charge on any atom is 2.00 e. The van der Waals surface area contributed by atoms with Gasteiger partial charge < -0.3 is 30.1 Å². The molecule has 1 rings (SSSR count). The smallest absolute Gasteiger partial charge is 0.358 e. The number of hydrogen-bond donors (Lipinski definition) is 0. The first-order valence-electron chi connectivity index (χ1n) is 8.07. The molecule has 0 amide bonds. The van der Waals surface area contributed by atoms with E-state index in [1.54, 1.807) is 0 Å². The van der Waals surface area contributed by atoms with Crippen molar-refractivity contribution in [3.8, 4) is 0 Å². The van der Waals surface area contributed by atoms with Gasteiger partial charge in [-0.25, -0.2) is 12.8 Å². The minimum atomic E-state index is -0.236. The molecule has 0 aromatic carbocycles. The van der Waals surface area contributed by atoms with Crippen molar-refractivity contribution in [2.24, 2.45) is 0 Å². The van der Waals surface area contributed by atoms with Crippen molar-refractivity contribution in [1.82, 2.24) is 19.1 Å². The molecule has 1 saturated carbocycles. The second-order valence-electron chi connectivity index (χ2n) is 6.59. The Morgan fingerprint density at radius 2 is 1.29 bits per heavy atom. The molecule has 140 valence electrons. The van der Waals surface area contributed by atoms with Gasteiger partial charge in [-0.1, -0.05) is 0 Å². The largest absolute Gasteiger partial charge is 2.00 e. The molecule has 1 aliphatic carbocycles. The molecular formula is C17H38FeLiN4P. The molecule has 0 N–H and O–H groups in total. The quantitative estimate of drug-likeness (QED) is 0.304. The zero-order valence-electron chi connectivity index (χ0n) is 17.3. The van der Waals surface area contributed by atoms with Crippen LogP contribution in [0.3, 0.4) is 0 Å². The molecule has 4 nitrogen and oxygen atoms in total. The Morgan fingerprint density at radius 1 is 0.833 bits per heavy atom. The van der Waals surface area contributed by atoms with Crippen LogP contribution < -0.4 is 18.9 Å². The molecule has 0 aromatic heterocycles. The van der Waals surface area contributed by atoms with Gasteiger partial charge in [-0.05, 0) is 42.3 Å². The van der Waals surface area contributed by atoms with E-state index in [1.807, 2.05) is 0 Å². The predicted molar refractivity (Wildman–Crippen MR) is 102 cm³/mol. The fourth-order valence-electron chi connectivity index (χ4n) is 2.64. The van der Waals surface area contributed by atoms with Crippen LogP contribution in [0.5, 0.6) is 0 Å². The maximum absolute atomic E-state index is 2.60. The van der Waals surface area contributed by atoms with Gasteiger partial charge >= 0.3 is 35.9 Å². The Labute approximate surface area is 176 Å². The molecule has 0 radical (unpaired) electrons. The van der Waals surface area contributed by atoms with Gasteiger partial charge in [0.05, 0.1) is 0 Å². The first-order chi connectivity index (χ1) is 9.91. The molecule has 7 heteroatoms. The van der Waals surface area contributed by atoms with Crippen molar-refractivity contribution in [1.29, 1.82) is 0 Å². The molecule has 0 heterocycles. The van der Waals surface area contributed by atoms with Crippen molar-refractivity contribution >= 4 is 8.22 Å². The number of nitrogens with zero attached hydrogens (tertiary/aromatic N) is 4. The normalized spacial score (nSPS) is 17.9. The van der Waals surface area contributed by atoms with Crippen LogP contribution in [0.25, 0.3) is 0 Å². The van der Waals surface area contributed by atoms with Gasteiger partial charge in [0, 0.05) is 34.4 Å². The second-order valence-corrected chi connectivity index (χ2v) is 9.26. The first-order valence-corrected chi connectivity index (χ1v) is 9.39. The molecule has 24 heavy (non-hydrogen) atoms. The Bertz CT molecular complexity index is 261. The van der Waals surface area contributed by atoms with Gasteiger partial charge in [0.1, 0.15) is 0 Å². The standard InChI is InChI=1S/C16H35N4P.CH3.Fe.Li/c1-17(2)12-14-19(5)21(16-10-8-7-9-11-16)20(6)15-13-18(3)4;;;/h8,11,16H,7,9-10,12-15H2,1-6H3;1H3;;/q-2;-1;+2;+1. The topological polar surface area (TPSA) is 13.0 Å². The molecule has 0 spiro atoms. The van der Waals surface area contributed by atoms with Gasteiger partial charge in [-0.2, -0.15) is 6.42 Å². The fraction of sp³-hybridized carbons (Fsp3) is 0.824. The monoisotopic (exact) mass is 392 g/mol. The van der Waals surface area contributed by atoms with E-state index in [0.717, 1.165) is 31.8 Å². The van der Waals surface area contributed by atoms with Gasteiger partial charge in [-0.15, -0.1) is 5.66 Å². The summed E-state index contributed by atoms with van der Waals surface area (Å²) in [6.07, 6.45) is 8.84. The van der Waals surface area contributed by atoms with E-state index in [4.69, 9.17) is 0 Å². The summed E-state index contributed by atoms with van der Waals surface area (Å²) >= 11 is 0. The van der Waals surface area contributed by atoms with Crippen LogP contribution in [0.15, 0.2) is 0 Å². The van der Waals surface area contributed by atoms with Gasteiger partial charge in [0.15, 0.2) is 0 Å². The molecule has 1 atom stereocenters. The Morgan fingerprint density at radius 3 is 1.62 bits per heavy atom. The minimum absolute atomic E-state index is 0. The summed E-state index contributed by atoms with van der Waals surface area (Å²) in [5.41, 5.74) is 0.730. The summed E-state index contributed by atoms with van der Waals surface area (Å²) in [4.78, 5) is 4.56. The Balaban J connectivity index is -0.00000147. The van der Waals surface area contributed by atoms with E-state index in [2.05, 4.69) is 74.3 Å². The Kier molecular flexibility index (Phi) is 20.8. The second kappa shape index (κ2) is 16.6. The van der Waals surface area contributed by atoms with Crippen LogP contribution in [-0.4, -0.2) is 93.3 Å². The molecule has 0 bridgehead atoms. The van der Waals surface area contributed by atoms with Crippen LogP contribution in [0.1, 0.15) is 19.3 Å². The third-order valence-corrected chi connectivity index (χ3v) is 6.77. The zero-order chi connectivity index (χ0) is 15.8. The third kappa shape index (κ3) is 11.9. The van der Waals surface area contributed by atoms with E-state index >= 15 is 0 Å². The van der Waals surface area contributed by atoms with Crippen molar-refractivity contribution in [2.75, 3.05) is 68.5 Å². The van der Waals surface area contributed by atoms with Crippen LogP contribution in [0.2, 0.25) is 0 Å². The fourth-order valence-corrected chi connectivity index (χ4v) is 5.44. The molecule has 1 fully saturated rings. The van der Waals surface area contributed by atoms with E-state index in [-0.39, 0.29) is 51.6 Å². The zero-order valence-corrected chi connectivity index (χ0v) is 19.3. The average Bonchev–Trinajstić information content (AvgIpc) is 2.44. The van der Waals surface area contributed by atoms with Gasteiger partial charge in [0.25, 0.3) is 0 Å². The van der Waals surface area contributed by atoms with Crippen LogP contribution in [0.4, 0.5) is 0 Å². The summed E-state index contributed by atoms with van der Waals surface area (Å²) < 4.78 is 5.20. The van der Waals surface area contributed by atoms with Crippen molar-refractivity contribution in [3.05, 3.63) is 20.3 Å². The van der Waals surface area contributed by atoms with Crippen LogP contribution in [-0.2, 0) is 17.1 Å². The number of rotatable bonds is 9. The molecule has 0 aromatic rings. The molecule has 0 saturated heterocycles. The Hall–Kier alpha value is 1.39.